The van der Waals surface area contributed by atoms with Crippen LogP contribution in [0, 0.1) is 5.82 Å². The van der Waals surface area contributed by atoms with Crippen molar-refractivity contribution in [3.63, 3.8) is 0 Å². The zero-order chi connectivity index (χ0) is 22.1. The van der Waals surface area contributed by atoms with E-state index in [1.54, 1.807) is 18.5 Å². The average molecular weight is 436 g/mol. The summed E-state index contributed by atoms with van der Waals surface area (Å²) in [6, 6.07) is 10.3. The van der Waals surface area contributed by atoms with E-state index in [1.165, 1.54) is 6.07 Å². The number of hydrogen-bond acceptors (Lipinski definition) is 6. The van der Waals surface area contributed by atoms with Gasteiger partial charge in [-0.25, -0.2) is 9.37 Å². The van der Waals surface area contributed by atoms with Gasteiger partial charge in [-0.2, -0.15) is 0 Å². The molecule has 0 spiro atoms. The molecule has 0 amide bonds. The lowest BCUT2D eigenvalue weighted by molar-refractivity contribution is -0.0488. The van der Waals surface area contributed by atoms with Crippen LogP contribution in [0.5, 0.6) is 0 Å². The minimum Gasteiger partial charge on any atom is -0.389 e. The Bertz CT molecular complexity index is 1230. The number of rotatable bonds is 6. The summed E-state index contributed by atoms with van der Waals surface area (Å²) in [6.07, 6.45) is 6.71. The van der Waals surface area contributed by atoms with Crippen molar-refractivity contribution in [2.75, 3.05) is 0 Å². The van der Waals surface area contributed by atoms with Crippen molar-refractivity contribution in [1.82, 2.24) is 25.0 Å². The van der Waals surface area contributed by atoms with Gasteiger partial charge < -0.3 is 25.2 Å². The predicted octanol–water partition coefficient (Wildman–Crippen LogP) is 2.15. The molecule has 5 rings (SSSR count). The molecule has 1 saturated carbocycles. The van der Waals surface area contributed by atoms with Gasteiger partial charge in [-0.15, -0.1) is 0 Å². The van der Waals surface area contributed by atoms with Crippen LogP contribution in [0.1, 0.15) is 24.0 Å². The second-order valence-electron chi connectivity index (χ2n) is 8.36. The summed E-state index contributed by atoms with van der Waals surface area (Å²) in [5.41, 5.74) is 3.03. The van der Waals surface area contributed by atoms with E-state index in [0.29, 0.717) is 30.5 Å². The van der Waals surface area contributed by atoms with Crippen LogP contribution in [-0.4, -0.2) is 48.9 Å². The SMILES string of the molecule is O[C@@H]1[C@H](O)[C@H](NCc2cc3cccnc3cc2F)CC[C@H]1NCc1cccn2ccnc12. The van der Waals surface area contributed by atoms with Gasteiger partial charge in [0.1, 0.15) is 11.5 Å². The number of imidazole rings is 1. The number of aliphatic hydroxyl groups excluding tert-OH is 2. The number of benzene rings is 1. The molecule has 0 radical (unpaired) electrons. The molecule has 32 heavy (non-hydrogen) atoms. The van der Waals surface area contributed by atoms with E-state index in [4.69, 9.17) is 0 Å². The van der Waals surface area contributed by atoms with Gasteiger partial charge in [-0.05, 0) is 31.0 Å². The molecule has 1 aliphatic rings. The van der Waals surface area contributed by atoms with E-state index < -0.39 is 12.2 Å². The molecule has 0 unspecified atom stereocenters. The Hall–Kier alpha value is -2.91. The third kappa shape index (κ3) is 4.10. The third-order valence-corrected chi connectivity index (χ3v) is 6.34. The summed E-state index contributed by atoms with van der Waals surface area (Å²) in [5, 5.41) is 28.8. The van der Waals surface area contributed by atoms with E-state index in [9.17, 15) is 14.6 Å². The maximum atomic E-state index is 14.5. The van der Waals surface area contributed by atoms with Crippen LogP contribution in [0.3, 0.4) is 0 Å². The smallest absolute Gasteiger partial charge is 0.141 e. The minimum atomic E-state index is -0.950. The number of aliphatic hydroxyl groups is 2. The van der Waals surface area contributed by atoms with Gasteiger partial charge in [-0.3, -0.25) is 4.98 Å². The Morgan fingerprint density at radius 2 is 1.66 bits per heavy atom. The van der Waals surface area contributed by atoms with Crippen molar-refractivity contribution >= 4 is 16.6 Å². The first-order chi connectivity index (χ1) is 15.6. The van der Waals surface area contributed by atoms with Gasteiger partial charge in [0.15, 0.2) is 0 Å². The van der Waals surface area contributed by atoms with Crippen LogP contribution in [0.25, 0.3) is 16.6 Å². The number of nitrogens with one attached hydrogen (secondary N) is 2. The molecule has 0 saturated heterocycles. The zero-order valence-corrected chi connectivity index (χ0v) is 17.5. The Morgan fingerprint density at radius 1 is 0.906 bits per heavy atom. The van der Waals surface area contributed by atoms with Crippen LogP contribution in [0.4, 0.5) is 4.39 Å². The molecule has 1 aromatic carbocycles. The maximum absolute atomic E-state index is 14.5. The molecule has 0 bridgehead atoms. The summed E-state index contributed by atoms with van der Waals surface area (Å²) < 4.78 is 16.4. The maximum Gasteiger partial charge on any atom is 0.141 e. The first kappa shape index (κ1) is 21.0. The number of pyridine rings is 2. The van der Waals surface area contributed by atoms with Crippen molar-refractivity contribution in [1.29, 1.82) is 0 Å². The number of aromatic nitrogens is 3. The van der Waals surface area contributed by atoms with E-state index in [0.717, 1.165) is 16.6 Å². The Labute approximate surface area is 184 Å². The van der Waals surface area contributed by atoms with Gasteiger partial charge >= 0.3 is 0 Å². The normalized spacial score (nSPS) is 23.7. The highest BCUT2D eigenvalue weighted by Gasteiger charge is 2.37. The first-order valence-corrected chi connectivity index (χ1v) is 10.9. The summed E-state index contributed by atoms with van der Waals surface area (Å²) in [7, 11) is 0. The summed E-state index contributed by atoms with van der Waals surface area (Å²) in [4.78, 5) is 8.54. The summed E-state index contributed by atoms with van der Waals surface area (Å²) >= 11 is 0. The van der Waals surface area contributed by atoms with Gasteiger partial charge in [0, 0.05) is 72.5 Å². The van der Waals surface area contributed by atoms with Crippen molar-refractivity contribution in [3.05, 3.63) is 78.1 Å². The van der Waals surface area contributed by atoms with Gasteiger partial charge in [0.25, 0.3) is 0 Å². The summed E-state index contributed by atoms with van der Waals surface area (Å²) in [6.45, 7) is 0.815. The number of fused-ring (bicyclic) bond motifs is 2. The Morgan fingerprint density at radius 3 is 2.44 bits per heavy atom. The van der Waals surface area contributed by atoms with Crippen molar-refractivity contribution < 1.29 is 14.6 Å². The Balaban J connectivity index is 1.20. The highest BCUT2D eigenvalue weighted by Crippen LogP contribution is 2.23. The monoisotopic (exact) mass is 435 g/mol. The fraction of sp³-hybridized carbons (Fsp3) is 0.333. The van der Waals surface area contributed by atoms with Gasteiger partial charge in [-0.1, -0.05) is 12.1 Å². The molecule has 3 heterocycles. The van der Waals surface area contributed by atoms with Crippen LogP contribution in [0.2, 0.25) is 0 Å². The van der Waals surface area contributed by atoms with Crippen LogP contribution >= 0.6 is 0 Å². The van der Waals surface area contributed by atoms with Crippen molar-refractivity contribution in [2.45, 2.75) is 50.2 Å². The third-order valence-electron chi connectivity index (χ3n) is 6.34. The molecule has 166 valence electrons. The fourth-order valence-corrected chi connectivity index (χ4v) is 4.53. The van der Waals surface area contributed by atoms with E-state index in [1.807, 2.05) is 41.1 Å². The highest BCUT2D eigenvalue weighted by atomic mass is 19.1. The molecule has 0 aliphatic heterocycles. The molecule has 3 aromatic heterocycles. The predicted molar refractivity (Wildman–Crippen MR) is 119 cm³/mol. The molecular weight excluding hydrogens is 409 g/mol. The second-order valence-corrected chi connectivity index (χ2v) is 8.36. The molecule has 4 N–H and O–H groups in total. The first-order valence-electron chi connectivity index (χ1n) is 10.9. The van der Waals surface area contributed by atoms with E-state index in [-0.39, 0.29) is 24.4 Å². The largest absolute Gasteiger partial charge is 0.389 e. The quantitative estimate of drug-likeness (QED) is 0.371. The second kappa shape index (κ2) is 8.91. The Kier molecular flexibility index (Phi) is 5.84. The average Bonchev–Trinajstić information content (AvgIpc) is 3.29. The molecule has 4 atom stereocenters. The molecule has 4 aromatic rings. The van der Waals surface area contributed by atoms with Crippen LogP contribution < -0.4 is 10.6 Å². The molecular formula is C24H26FN5O2. The van der Waals surface area contributed by atoms with E-state index in [2.05, 4.69) is 20.6 Å². The van der Waals surface area contributed by atoms with Crippen molar-refractivity contribution in [3.8, 4) is 0 Å². The zero-order valence-electron chi connectivity index (χ0n) is 17.5. The molecule has 8 heteroatoms. The topological polar surface area (TPSA) is 94.7 Å². The standard InChI is InChI=1S/C24H26FN5O2/c25-18-12-21-15(3-1-7-26-21)11-17(18)14-29-20-6-5-19(22(31)23(20)32)28-13-16-4-2-9-30-10-8-27-24(16)30/h1-4,7-12,19-20,22-23,28-29,31-32H,5-6,13-14H2/t19-,20-,22+,23-/m1/s1. The highest BCUT2D eigenvalue weighted by molar-refractivity contribution is 5.79. The van der Waals surface area contributed by atoms with Crippen LogP contribution in [-0.2, 0) is 13.1 Å². The van der Waals surface area contributed by atoms with E-state index >= 15 is 0 Å². The fourth-order valence-electron chi connectivity index (χ4n) is 4.53. The van der Waals surface area contributed by atoms with Crippen molar-refractivity contribution in [2.24, 2.45) is 0 Å². The summed E-state index contributed by atoms with van der Waals surface area (Å²) in [5.74, 6) is -0.331. The number of nitrogens with zero attached hydrogens (tertiary/aromatic N) is 3. The van der Waals surface area contributed by atoms with Gasteiger partial charge in [0.05, 0.1) is 17.7 Å². The minimum absolute atomic E-state index is 0.234. The lowest BCUT2D eigenvalue weighted by Crippen LogP contribution is -2.58. The number of halogens is 1. The molecule has 7 nitrogen and oxygen atoms in total. The number of hydrogen-bond donors (Lipinski definition) is 4. The lowest BCUT2D eigenvalue weighted by Gasteiger charge is -2.38. The molecule has 1 fully saturated rings. The van der Waals surface area contributed by atoms with Crippen LogP contribution in [0.15, 0.2) is 61.2 Å². The van der Waals surface area contributed by atoms with Gasteiger partial charge in [0.2, 0.25) is 0 Å². The molecule has 1 aliphatic carbocycles. The lowest BCUT2D eigenvalue weighted by atomic mass is 9.85.